The Morgan fingerprint density at radius 1 is 0.619 bits per heavy atom. The quantitative estimate of drug-likeness (QED) is 0.404. The highest BCUT2D eigenvalue weighted by molar-refractivity contribution is 8.03. The number of hydrogen-bond donors (Lipinski definition) is 0. The second-order valence-electron chi connectivity index (χ2n) is 11.4. The second-order valence-corrected chi connectivity index (χ2v) is 20.0. The van der Waals surface area contributed by atoms with Crippen LogP contribution in [0.2, 0.25) is 0 Å². The third-order valence-corrected chi connectivity index (χ3v) is 20.3. The summed E-state index contributed by atoms with van der Waals surface area (Å²) < 4.78 is 0. The average Bonchev–Trinajstić information content (AvgIpc) is 2.03. The van der Waals surface area contributed by atoms with E-state index in [9.17, 15) is 0 Å². The molecule has 126 valence electrons. The molecule has 0 radical (unpaired) electrons. The van der Waals surface area contributed by atoms with E-state index in [-0.39, 0.29) is 7.92 Å². The molecule has 1 rings (SSSR count). The van der Waals surface area contributed by atoms with Crippen molar-refractivity contribution in [2.45, 2.75) is 104 Å². The normalized spacial score (nSPS) is 35.6. The van der Waals surface area contributed by atoms with Gasteiger partial charge in [-0.2, -0.15) is 0 Å². The van der Waals surface area contributed by atoms with Crippen molar-refractivity contribution in [3.05, 3.63) is 0 Å². The Bertz CT molecular complexity index is 360. The third kappa shape index (κ3) is 3.24. The van der Waals surface area contributed by atoms with Crippen LogP contribution in [0, 0.1) is 10.8 Å². The summed E-state index contributed by atoms with van der Waals surface area (Å²) in [6.45, 7) is 32.8. The van der Waals surface area contributed by atoms with E-state index in [4.69, 9.17) is 0 Å². The maximum atomic E-state index is 2.71. The van der Waals surface area contributed by atoms with Gasteiger partial charge in [-0.05, 0) is 33.8 Å². The van der Waals surface area contributed by atoms with E-state index < -0.39 is 7.26 Å². The maximum Gasteiger partial charge on any atom is 0.0977 e. The van der Waals surface area contributed by atoms with Crippen LogP contribution in [0.3, 0.4) is 0 Å². The standard InChI is InChI=1S/C19H41P2/c1-16(2,3)14-20(18(7,8)9)15(17(4,5)6)21(14,13)19(10,11)12/h14-15H,1-13H3/q+1. The lowest BCUT2D eigenvalue weighted by Crippen LogP contribution is -2.56. The van der Waals surface area contributed by atoms with Crippen LogP contribution in [-0.2, 0) is 0 Å². The van der Waals surface area contributed by atoms with Gasteiger partial charge in [-0.3, -0.25) is 0 Å². The smallest absolute Gasteiger partial charge is 0.0561 e. The molecule has 0 aromatic heterocycles. The molecule has 0 nitrogen and oxygen atoms in total. The van der Waals surface area contributed by atoms with Gasteiger partial charge in [0.15, 0.2) is 0 Å². The first-order valence-corrected chi connectivity index (χ1v) is 12.4. The SMILES string of the molecule is CC(C)(C)C1P(C(C)(C)C)C(C(C)(C)C)[P+]1(C)C(C)(C)C. The molecule has 0 spiro atoms. The summed E-state index contributed by atoms with van der Waals surface area (Å²) in [5, 5.41) is 2.83. The van der Waals surface area contributed by atoms with Crippen molar-refractivity contribution in [1.82, 2.24) is 0 Å². The van der Waals surface area contributed by atoms with Gasteiger partial charge in [-0.15, -0.1) is 0 Å². The van der Waals surface area contributed by atoms with Gasteiger partial charge in [0, 0.05) is 18.1 Å². The third-order valence-electron chi connectivity index (χ3n) is 5.31. The molecule has 2 heteroatoms. The predicted octanol–water partition coefficient (Wildman–Crippen LogP) is 7.47. The Hall–Kier alpha value is 0.860. The molecule has 1 fully saturated rings. The highest BCUT2D eigenvalue weighted by atomic mass is 31.3. The van der Waals surface area contributed by atoms with Crippen molar-refractivity contribution < 1.29 is 0 Å². The molecular weight excluding hydrogens is 290 g/mol. The highest BCUT2D eigenvalue weighted by Gasteiger charge is 2.77. The predicted molar refractivity (Wildman–Crippen MR) is 106 cm³/mol. The van der Waals surface area contributed by atoms with Gasteiger partial charge in [-0.1, -0.05) is 62.3 Å². The Morgan fingerprint density at radius 2 is 0.905 bits per heavy atom. The Morgan fingerprint density at radius 3 is 1.05 bits per heavy atom. The van der Waals surface area contributed by atoms with Crippen LogP contribution < -0.4 is 0 Å². The van der Waals surface area contributed by atoms with Gasteiger partial charge in [0.25, 0.3) is 0 Å². The molecule has 1 heterocycles. The van der Waals surface area contributed by atoms with E-state index in [0.29, 0.717) is 21.1 Å². The first kappa shape index (κ1) is 19.9. The van der Waals surface area contributed by atoms with Crippen molar-refractivity contribution in [1.29, 1.82) is 0 Å². The van der Waals surface area contributed by atoms with Gasteiger partial charge >= 0.3 is 0 Å². The van der Waals surface area contributed by atoms with Crippen molar-refractivity contribution in [3.8, 4) is 0 Å². The molecule has 1 aliphatic heterocycles. The second kappa shape index (κ2) is 5.18. The summed E-state index contributed by atoms with van der Waals surface area (Å²) in [7, 11) is -0.958. The summed E-state index contributed by atoms with van der Waals surface area (Å²) >= 11 is 0. The molecule has 21 heavy (non-hydrogen) atoms. The van der Waals surface area contributed by atoms with E-state index in [1.54, 1.807) is 0 Å². The minimum Gasteiger partial charge on any atom is -0.0561 e. The van der Waals surface area contributed by atoms with Crippen molar-refractivity contribution >= 4 is 15.2 Å². The fourth-order valence-corrected chi connectivity index (χ4v) is 21.9. The van der Waals surface area contributed by atoms with Crippen molar-refractivity contribution in [2.24, 2.45) is 10.8 Å². The molecule has 1 saturated heterocycles. The van der Waals surface area contributed by atoms with Crippen LogP contribution in [-0.4, -0.2) is 27.8 Å². The minimum atomic E-state index is -1.01. The Kier molecular flexibility index (Phi) is 4.91. The molecule has 0 aromatic carbocycles. The topological polar surface area (TPSA) is 0 Å². The van der Waals surface area contributed by atoms with Gasteiger partial charge < -0.3 is 0 Å². The molecule has 0 N–H and O–H groups in total. The lowest BCUT2D eigenvalue weighted by atomic mass is 9.98. The largest absolute Gasteiger partial charge is 0.0977 e. The van der Waals surface area contributed by atoms with Crippen LogP contribution in [0.1, 0.15) is 83.1 Å². The molecule has 0 aliphatic carbocycles. The molecule has 0 aromatic rings. The van der Waals surface area contributed by atoms with E-state index in [1.165, 1.54) is 0 Å². The Balaban J connectivity index is 3.52. The molecule has 0 saturated carbocycles. The lowest BCUT2D eigenvalue weighted by molar-refractivity contribution is 0.387. The van der Waals surface area contributed by atoms with Crippen molar-refractivity contribution in [2.75, 3.05) is 6.66 Å². The van der Waals surface area contributed by atoms with E-state index in [1.807, 2.05) is 0 Å². The first-order chi connectivity index (χ1) is 8.86. The van der Waals surface area contributed by atoms with Crippen LogP contribution in [0.15, 0.2) is 0 Å². The molecule has 2 atom stereocenters. The summed E-state index contributed by atoms with van der Waals surface area (Å²) in [6, 6.07) is 0. The minimum absolute atomic E-state index is 0.0554. The molecule has 2 unspecified atom stereocenters. The molecule has 1 aliphatic rings. The lowest BCUT2D eigenvalue weighted by Gasteiger charge is -2.68. The molecule has 0 amide bonds. The number of rotatable bonds is 0. The highest BCUT2D eigenvalue weighted by Crippen LogP contribution is 3.00. The van der Waals surface area contributed by atoms with Gasteiger partial charge in [-0.25, -0.2) is 0 Å². The zero-order valence-electron chi connectivity index (χ0n) is 17.0. The average molecular weight is 331 g/mol. The molecular formula is C19H41P2+. The van der Waals surface area contributed by atoms with E-state index in [2.05, 4.69) is 89.7 Å². The van der Waals surface area contributed by atoms with Crippen LogP contribution in [0.5, 0.6) is 0 Å². The van der Waals surface area contributed by atoms with E-state index in [0.717, 1.165) is 10.8 Å². The van der Waals surface area contributed by atoms with Crippen LogP contribution in [0.25, 0.3) is 0 Å². The van der Waals surface area contributed by atoms with Gasteiger partial charge in [0.05, 0.1) is 22.6 Å². The zero-order valence-corrected chi connectivity index (χ0v) is 18.8. The van der Waals surface area contributed by atoms with E-state index >= 15 is 0 Å². The zero-order chi connectivity index (χ0) is 17.2. The van der Waals surface area contributed by atoms with Gasteiger partial charge in [0.1, 0.15) is 0 Å². The monoisotopic (exact) mass is 331 g/mol. The fourth-order valence-electron chi connectivity index (χ4n) is 4.63. The Labute approximate surface area is 137 Å². The molecule has 0 bridgehead atoms. The summed E-state index contributed by atoms with van der Waals surface area (Å²) in [5.74, 6) is 0. The first-order valence-electron chi connectivity index (χ1n) is 8.50. The van der Waals surface area contributed by atoms with Crippen LogP contribution in [0.4, 0.5) is 0 Å². The maximum absolute atomic E-state index is 2.71. The van der Waals surface area contributed by atoms with Crippen LogP contribution >= 0.6 is 15.2 Å². The summed E-state index contributed by atoms with van der Waals surface area (Å²) in [5.41, 5.74) is 0.882. The number of hydrogen-bond acceptors (Lipinski definition) is 0. The fraction of sp³-hybridized carbons (Fsp3) is 1.00. The van der Waals surface area contributed by atoms with Crippen molar-refractivity contribution in [3.63, 3.8) is 0 Å². The summed E-state index contributed by atoms with van der Waals surface area (Å²) in [6.07, 6.45) is 0. The van der Waals surface area contributed by atoms with Gasteiger partial charge in [0.2, 0.25) is 0 Å². The summed E-state index contributed by atoms with van der Waals surface area (Å²) in [4.78, 5) is 0.